The van der Waals surface area contributed by atoms with Crippen molar-refractivity contribution in [2.45, 2.75) is 23.8 Å². The molecular formula is C14H15N3O3S. The van der Waals surface area contributed by atoms with Gasteiger partial charge in [-0.3, -0.25) is 14.2 Å². The highest BCUT2D eigenvalue weighted by molar-refractivity contribution is 8.00. The van der Waals surface area contributed by atoms with E-state index in [1.165, 1.54) is 6.07 Å². The Morgan fingerprint density at radius 1 is 1.43 bits per heavy atom. The number of carbonyl (C=O) groups is 1. The molecule has 0 radical (unpaired) electrons. The summed E-state index contributed by atoms with van der Waals surface area (Å²) in [6, 6.07) is 10.4. The molecule has 0 amide bonds. The molecule has 0 saturated heterocycles. The van der Waals surface area contributed by atoms with Gasteiger partial charge in [0.05, 0.1) is 0 Å². The summed E-state index contributed by atoms with van der Waals surface area (Å²) in [6.45, 7) is 1.77. The first-order valence-electron chi connectivity index (χ1n) is 6.37. The molecule has 21 heavy (non-hydrogen) atoms. The second-order valence-electron chi connectivity index (χ2n) is 4.33. The number of para-hydroxylation sites is 1. The zero-order valence-electron chi connectivity index (χ0n) is 11.4. The van der Waals surface area contributed by atoms with Crippen LogP contribution in [0.5, 0.6) is 0 Å². The lowest BCUT2D eigenvalue weighted by molar-refractivity contribution is -0.136. The van der Waals surface area contributed by atoms with E-state index >= 15 is 0 Å². The summed E-state index contributed by atoms with van der Waals surface area (Å²) in [6.07, 6.45) is 0.416. The van der Waals surface area contributed by atoms with Crippen LogP contribution in [0, 0.1) is 0 Å². The van der Waals surface area contributed by atoms with Gasteiger partial charge >= 0.3 is 5.97 Å². The molecule has 1 aromatic heterocycles. The quantitative estimate of drug-likeness (QED) is 0.645. The van der Waals surface area contributed by atoms with Crippen molar-refractivity contribution in [1.29, 1.82) is 0 Å². The van der Waals surface area contributed by atoms with Gasteiger partial charge in [-0.1, -0.05) is 36.9 Å². The highest BCUT2D eigenvalue weighted by Crippen LogP contribution is 2.27. The molecule has 2 aromatic rings. The number of rotatable bonds is 5. The lowest BCUT2D eigenvalue weighted by Crippen LogP contribution is -2.21. The van der Waals surface area contributed by atoms with E-state index in [1.54, 1.807) is 11.5 Å². The SMILES string of the molecule is CC[C@H](Sc1nc(=O)cc(N)n1-c1ccccc1)C(=O)O. The van der Waals surface area contributed by atoms with Gasteiger partial charge in [0.2, 0.25) is 0 Å². The molecule has 1 heterocycles. The zero-order chi connectivity index (χ0) is 15.4. The minimum Gasteiger partial charge on any atom is -0.480 e. The van der Waals surface area contributed by atoms with Gasteiger partial charge in [-0.15, -0.1) is 0 Å². The first-order chi connectivity index (χ1) is 10.0. The Bertz CT molecular complexity index is 700. The smallest absolute Gasteiger partial charge is 0.317 e. The van der Waals surface area contributed by atoms with Crippen molar-refractivity contribution in [3.05, 3.63) is 46.8 Å². The van der Waals surface area contributed by atoms with Gasteiger partial charge in [0.25, 0.3) is 5.56 Å². The van der Waals surface area contributed by atoms with Gasteiger partial charge in [-0.2, -0.15) is 4.98 Å². The van der Waals surface area contributed by atoms with Crippen molar-refractivity contribution < 1.29 is 9.90 Å². The minimum absolute atomic E-state index is 0.226. The topological polar surface area (TPSA) is 98.2 Å². The van der Waals surface area contributed by atoms with Crippen LogP contribution in [0.4, 0.5) is 5.82 Å². The van der Waals surface area contributed by atoms with Gasteiger partial charge in [0, 0.05) is 11.8 Å². The number of thioether (sulfide) groups is 1. The Morgan fingerprint density at radius 3 is 2.67 bits per heavy atom. The van der Waals surface area contributed by atoms with Gasteiger partial charge in [0.1, 0.15) is 11.1 Å². The largest absolute Gasteiger partial charge is 0.480 e. The second kappa shape index (κ2) is 6.45. The number of carboxylic acid groups (broad SMARTS) is 1. The first-order valence-corrected chi connectivity index (χ1v) is 7.25. The maximum atomic E-state index is 11.6. The number of aromatic nitrogens is 2. The van der Waals surface area contributed by atoms with E-state index in [1.807, 2.05) is 30.3 Å². The number of anilines is 1. The van der Waals surface area contributed by atoms with E-state index in [0.717, 1.165) is 17.4 Å². The molecule has 1 atom stereocenters. The maximum Gasteiger partial charge on any atom is 0.317 e. The summed E-state index contributed by atoms with van der Waals surface area (Å²) >= 11 is 1.02. The van der Waals surface area contributed by atoms with Crippen molar-refractivity contribution in [2.75, 3.05) is 5.73 Å². The lowest BCUT2D eigenvalue weighted by atomic mass is 10.3. The van der Waals surface area contributed by atoms with E-state index in [2.05, 4.69) is 4.98 Å². The van der Waals surface area contributed by atoms with Crippen LogP contribution < -0.4 is 11.3 Å². The fourth-order valence-corrected chi connectivity index (χ4v) is 2.81. The first kappa shape index (κ1) is 15.1. The van der Waals surface area contributed by atoms with Crippen LogP contribution in [0.15, 0.2) is 46.3 Å². The number of nitrogen functional groups attached to an aromatic ring is 1. The average molecular weight is 305 g/mol. The zero-order valence-corrected chi connectivity index (χ0v) is 12.2. The van der Waals surface area contributed by atoms with Crippen LogP contribution in [0.25, 0.3) is 5.69 Å². The summed E-state index contributed by atoms with van der Waals surface area (Å²) < 4.78 is 1.58. The van der Waals surface area contributed by atoms with E-state index in [0.29, 0.717) is 6.42 Å². The van der Waals surface area contributed by atoms with Crippen molar-refractivity contribution >= 4 is 23.5 Å². The number of carboxylic acids is 1. The number of nitrogens with zero attached hydrogens (tertiary/aromatic N) is 2. The van der Waals surface area contributed by atoms with Gasteiger partial charge in [-0.05, 0) is 18.6 Å². The number of aliphatic carboxylic acids is 1. The predicted octanol–water partition coefficient (Wildman–Crippen LogP) is 1.77. The Hall–Kier alpha value is -2.28. The van der Waals surface area contributed by atoms with E-state index < -0.39 is 16.8 Å². The number of nitrogens with two attached hydrogens (primary N) is 1. The summed E-state index contributed by atoms with van der Waals surface area (Å²) in [4.78, 5) is 26.7. The minimum atomic E-state index is -0.946. The molecule has 2 rings (SSSR count). The maximum absolute atomic E-state index is 11.6. The highest BCUT2D eigenvalue weighted by atomic mass is 32.2. The molecule has 0 aliphatic heterocycles. The van der Waals surface area contributed by atoms with Crippen molar-refractivity contribution in [3.8, 4) is 5.69 Å². The standard InChI is InChI=1S/C14H15N3O3S/c1-2-10(13(19)20)21-14-16-12(18)8-11(15)17(14)9-6-4-3-5-7-9/h3-8,10H,2,15H2,1H3,(H,19,20)/t10-/m0/s1. The van der Waals surface area contributed by atoms with E-state index in [4.69, 9.17) is 10.8 Å². The van der Waals surface area contributed by atoms with Crippen molar-refractivity contribution in [3.63, 3.8) is 0 Å². The molecular weight excluding hydrogens is 290 g/mol. The average Bonchev–Trinajstić information content (AvgIpc) is 2.44. The fraction of sp³-hybridized carbons (Fsp3) is 0.214. The molecule has 1 aromatic carbocycles. The molecule has 0 fully saturated rings. The monoisotopic (exact) mass is 305 g/mol. The summed E-state index contributed by atoms with van der Waals surface area (Å²) in [5.74, 6) is -0.720. The lowest BCUT2D eigenvalue weighted by Gasteiger charge is -2.16. The Labute approximate surface area is 125 Å². The van der Waals surface area contributed by atoms with Gasteiger partial charge in [-0.25, -0.2) is 0 Å². The summed E-state index contributed by atoms with van der Waals surface area (Å²) in [5.41, 5.74) is 6.15. The number of hydrogen-bond donors (Lipinski definition) is 2. The third-order valence-electron chi connectivity index (χ3n) is 2.83. The molecule has 7 heteroatoms. The van der Waals surface area contributed by atoms with E-state index in [9.17, 15) is 9.59 Å². The van der Waals surface area contributed by atoms with Crippen LogP contribution >= 0.6 is 11.8 Å². The Morgan fingerprint density at radius 2 is 2.10 bits per heavy atom. The predicted molar refractivity (Wildman–Crippen MR) is 81.8 cm³/mol. The molecule has 0 spiro atoms. The molecule has 6 nitrogen and oxygen atoms in total. The molecule has 0 aliphatic rings. The van der Waals surface area contributed by atoms with Crippen molar-refractivity contribution in [1.82, 2.24) is 9.55 Å². The van der Waals surface area contributed by atoms with Crippen molar-refractivity contribution in [2.24, 2.45) is 0 Å². The molecule has 0 saturated carbocycles. The van der Waals surface area contributed by atoms with Crippen LogP contribution in [-0.2, 0) is 4.79 Å². The summed E-state index contributed by atoms with van der Waals surface area (Å²) in [7, 11) is 0. The molecule has 3 N–H and O–H groups in total. The Kier molecular flexibility index (Phi) is 4.64. The van der Waals surface area contributed by atoms with Crippen LogP contribution in [0.2, 0.25) is 0 Å². The van der Waals surface area contributed by atoms with Crippen LogP contribution in [0.1, 0.15) is 13.3 Å². The van der Waals surface area contributed by atoms with Gasteiger partial charge < -0.3 is 10.8 Å². The third kappa shape index (κ3) is 3.43. The second-order valence-corrected chi connectivity index (χ2v) is 5.50. The highest BCUT2D eigenvalue weighted by Gasteiger charge is 2.20. The fourth-order valence-electron chi connectivity index (χ4n) is 1.83. The Balaban J connectivity index is 2.54. The third-order valence-corrected chi connectivity index (χ3v) is 4.14. The number of hydrogen-bond acceptors (Lipinski definition) is 5. The van der Waals surface area contributed by atoms with Crippen LogP contribution in [0.3, 0.4) is 0 Å². The normalized spacial score (nSPS) is 12.0. The molecule has 0 bridgehead atoms. The number of benzene rings is 1. The molecule has 0 aliphatic carbocycles. The summed E-state index contributed by atoms with van der Waals surface area (Å²) in [5, 5.41) is 8.76. The molecule has 0 unspecified atom stereocenters. The van der Waals surface area contributed by atoms with Crippen LogP contribution in [-0.4, -0.2) is 25.9 Å². The van der Waals surface area contributed by atoms with E-state index in [-0.39, 0.29) is 11.0 Å². The molecule has 110 valence electrons. The van der Waals surface area contributed by atoms with Gasteiger partial charge in [0.15, 0.2) is 5.16 Å².